The Morgan fingerprint density at radius 3 is 2.19 bits per heavy atom. The SMILES string of the molecule is Clc1cccc(Cl)c1C(Br)Cc1ccc2ccccc2c1. The fourth-order valence-corrected chi connectivity index (χ4v) is 4.28. The molecule has 0 aliphatic rings. The molecule has 0 amide bonds. The van der Waals surface area contributed by atoms with Crippen LogP contribution >= 0.6 is 39.1 Å². The Morgan fingerprint density at radius 2 is 1.48 bits per heavy atom. The van der Waals surface area contributed by atoms with Crippen molar-refractivity contribution in [1.82, 2.24) is 0 Å². The Balaban J connectivity index is 1.91. The summed E-state index contributed by atoms with van der Waals surface area (Å²) in [5, 5.41) is 3.90. The first-order chi connectivity index (χ1) is 10.1. The second-order valence-electron chi connectivity index (χ2n) is 4.99. The van der Waals surface area contributed by atoms with E-state index >= 15 is 0 Å². The van der Waals surface area contributed by atoms with Crippen molar-refractivity contribution in [3.63, 3.8) is 0 Å². The van der Waals surface area contributed by atoms with E-state index in [0.29, 0.717) is 10.0 Å². The number of benzene rings is 3. The van der Waals surface area contributed by atoms with Crippen molar-refractivity contribution >= 4 is 49.9 Å². The molecule has 21 heavy (non-hydrogen) atoms. The number of hydrogen-bond acceptors (Lipinski definition) is 0. The summed E-state index contributed by atoms with van der Waals surface area (Å²) in [6.07, 6.45) is 0.842. The number of alkyl halides is 1. The van der Waals surface area contributed by atoms with Crippen LogP contribution < -0.4 is 0 Å². The van der Waals surface area contributed by atoms with Gasteiger partial charge in [0.15, 0.2) is 0 Å². The second kappa shape index (κ2) is 6.39. The standard InChI is InChI=1S/C18H13BrCl2/c19-15(18-16(20)6-3-7-17(18)21)11-12-8-9-13-4-1-2-5-14(13)10-12/h1-10,15H,11H2. The zero-order chi connectivity index (χ0) is 14.8. The zero-order valence-electron chi connectivity index (χ0n) is 11.2. The minimum Gasteiger partial charge on any atom is -0.0839 e. The lowest BCUT2D eigenvalue weighted by atomic mass is 10.0. The average Bonchev–Trinajstić information content (AvgIpc) is 2.47. The minimum absolute atomic E-state index is 0.0971. The first-order valence-electron chi connectivity index (χ1n) is 6.71. The van der Waals surface area contributed by atoms with Crippen molar-refractivity contribution in [1.29, 1.82) is 0 Å². The van der Waals surface area contributed by atoms with Crippen LogP contribution in [-0.2, 0) is 6.42 Å². The Bertz CT molecular complexity index is 763. The van der Waals surface area contributed by atoms with Crippen LogP contribution in [0.25, 0.3) is 10.8 Å². The van der Waals surface area contributed by atoms with Crippen molar-refractivity contribution in [3.8, 4) is 0 Å². The summed E-state index contributed by atoms with van der Waals surface area (Å²) in [6.45, 7) is 0. The van der Waals surface area contributed by atoms with Crippen LogP contribution in [0.15, 0.2) is 60.7 Å². The van der Waals surface area contributed by atoms with E-state index in [1.54, 1.807) is 0 Å². The molecule has 0 saturated carbocycles. The van der Waals surface area contributed by atoms with E-state index in [2.05, 4.69) is 58.4 Å². The molecule has 0 aromatic heterocycles. The van der Waals surface area contributed by atoms with Crippen molar-refractivity contribution in [2.45, 2.75) is 11.2 Å². The number of hydrogen-bond donors (Lipinski definition) is 0. The van der Waals surface area contributed by atoms with Crippen LogP contribution in [0.1, 0.15) is 16.0 Å². The van der Waals surface area contributed by atoms with Gasteiger partial charge < -0.3 is 0 Å². The summed E-state index contributed by atoms with van der Waals surface area (Å²) in [4.78, 5) is 0.0971. The smallest absolute Gasteiger partial charge is 0.0465 e. The maximum Gasteiger partial charge on any atom is 0.0465 e. The molecule has 0 bridgehead atoms. The molecule has 0 fully saturated rings. The quantitative estimate of drug-likeness (QED) is 0.437. The van der Waals surface area contributed by atoms with Gasteiger partial charge in [0.05, 0.1) is 0 Å². The molecule has 0 saturated heterocycles. The molecule has 1 atom stereocenters. The molecule has 3 heteroatoms. The molecule has 3 aromatic carbocycles. The Hall–Kier alpha value is -1.02. The van der Waals surface area contributed by atoms with Gasteiger partial charge in [-0.25, -0.2) is 0 Å². The van der Waals surface area contributed by atoms with Gasteiger partial charge in [-0.15, -0.1) is 0 Å². The maximum absolute atomic E-state index is 6.27. The van der Waals surface area contributed by atoms with Crippen LogP contribution in [0.3, 0.4) is 0 Å². The van der Waals surface area contributed by atoms with E-state index in [1.165, 1.54) is 16.3 Å². The molecule has 0 heterocycles. The molecule has 0 nitrogen and oxygen atoms in total. The molecule has 0 N–H and O–H groups in total. The van der Waals surface area contributed by atoms with Gasteiger partial charge in [-0.3, -0.25) is 0 Å². The molecular formula is C18H13BrCl2. The molecule has 0 spiro atoms. The van der Waals surface area contributed by atoms with Crippen LogP contribution in [0.5, 0.6) is 0 Å². The van der Waals surface area contributed by atoms with Crippen LogP contribution in [0.2, 0.25) is 10.0 Å². The van der Waals surface area contributed by atoms with Crippen LogP contribution in [-0.4, -0.2) is 0 Å². The lowest BCUT2D eigenvalue weighted by Crippen LogP contribution is -1.97. The highest BCUT2D eigenvalue weighted by atomic mass is 79.9. The monoisotopic (exact) mass is 378 g/mol. The zero-order valence-corrected chi connectivity index (χ0v) is 14.3. The van der Waals surface area contributed by atoms with Crippen molar-refractivity contribution < 1.29 is 0 Å². The van der Waals surface area contributed by atoms with E-state index in [1.807, 2.05) is 18.2 Å². The van der Waals surface area contributed by atoms with E-state index in [0.717, 1.165) is 12.0 Å². The molecule has 1 unspecified atom stereocenters. The van der Waals surface area contributed by atoms with Gasteiger partial charge in [0.2, 0.25) is 0 Å². The third-order valence-corrected chi connectivity index (χ3v) is 4.98. The highest BCUT2D eigenvalue weighted by molar-refractivity contribution is 9.09. The fraction of sp³-hybridized carbons (Fsp3) is 0.111. The van der Waals surface area contributed by atoms with Crippen molar-refractivity contribution in [3.05, 3.63) is 81.8 Å². The number of halogens is 3. The predicted molar refractivity (Wildman–Crippen MR) is 95.8 cm³/mol. The third-order valence-electron chi connectivity index (χ3n) is 3.54. The van der Waals surface area contributed by atoms with E-state index in [4.69, 9.17) is 23.2 Å². The van der Waals surface area contributed by atoms with Gasteiger partial charge in [-0.2, -0.15) is 0 Å². The number of rotatable bonds is 3. The molecule has 106 valence electrons. The Labute approximate surface area is 142 Å². The summed E-state index contributed by atoms with van der Waals surface area (Å²) in [5.41, 5.74) is 2.21. The highest BCUT2D eigenvalue weighted by Gasteiger charge is 2.15. The number of fused-ring (bicyclic) bond motifs is 1. The van der Waals surface area contributed by atoms with Crippen LogP contribution in [0.4, 0.5) is 0 Å². The lowest BCUT2D eigenvalue weighted by Gasteiger charge is -2.14. The summed E-state index contributed by atoms with van der Waals surface area (Å²) in [6, 6.07) is 20.5. The first-order valence-corrected chi connectivity index (χ1v) is 8.38. The van der Waals surface area contributed by atoms with Crippen molar-refractivity contribution in [2.75, 3.05) is 0 Å². The van der Waals surface area contributed by atoms with E-state index < -0.39 is 0 Å². The molecule has 3 rings (SSSR count). The molecule has 0 radical (unpaired) electrons. The average molecular weight is 380 g/mol. The van der Waals surface area contributed by atoms with E-state index in [-0.39, 0.29) is 4.83 Å². The van der Waals surface area contributed by atoms with Gasteiger partial charge in [-0.1, -0.05) is 87.7 Å². The molecule has 0 aliphatic heterocycles. The lowest BCUT2D eigenvalue weighted by molar-refractivity contribution is 0.951. The van der Waals surface area contributed by atoms with Gasteiger partial charge in [-0.05, 0) is 34.9 Å². The van der Waals surface area contributed by atoms with Crippen LogP contribution in [0, 0.1) is 0 Å². The van der Waals surface area contributed by atoms with Gasteiger partial charge >= 0.3 is 0 Å². The largest absolute Gasteiger partial charge is 0.0839 e. The summed E-state index contributed by atoms with van der Waals surface area (Å²) in [7, 11) is 0. The molecular weight excluding hydrogens is 367 g/mol. The molecule has 3 aromatic rings. The van der Waals surface area contributed by atoms with Gasteiger partial charge in [0.1, 0.15) is 0 Å². The Morgan fingerprint density at radius 1 is 0.810 bits per heavy atom. The van der Waals surface area contributed by atoms with Crippen molar-refractivity contribution in [2.24, 2.45) is 0 Å². The first kappa shape index (κ1) is 14.9. The normalized spacial score (nSPS) is 12.5. The highest BCUT2D eigenvalue weighted by Crippen LogP contribution is 2.37. The topological polar surface area (TPSA) is 0 Å². The molecule has 0 aliphatic carbocycles. The second-order valence-corrected chi connectivity index (χ2v) is 6.91. The summed E-state index contributed by atoms with van der Waals surface area (Å²) >= 11 is 16.3. The summed E-state index contributed by atoms with van der Waals surface area (Å²) < 4.78 is 0. The Kier molecular flexibility index (Phi) is 4.54. The minimum atomic E-state index is 0.0971. The third kappa shape index (κ3) is 3.26. The van der Waals surface area contributed by atoms with E-state index in [9.17, 15) is 0 Å². The van der Waals surface area contributed by atoms with Gasteiger partial charge in [0, 0.05) is 20.4 Å². The van der Waals surface area contributed by atoms with Gasteiger partial charge in [0.25, 0.3) is 0 Å². The predicted octanol–water partition coefficient (Wildman–Crippen LogP) is 6.83. The fourth-order valence-electron chi connectivity index (χ4n) is 2.48. The maximum atomic E-state index is 6.27. The summed E-state index contributed by atoms with van der Waals surface area (Å²) in [5.74, 6) is 0.